The summed E-state index contributed by atoms with van der Waals surface area (Å²) < 4.78 is 10.5. The van der Waals surface area contributed by atoms with Crippen molar-refractivity contribution in [3.63, 3.8) is 0 Å². The van der Waals surface area contributed by atoms with Gasteiger partial charge in [0.05, 0.1) is 21.2 Å². The van der Waals surface area contributed by atoms with Crippen molar-refractivity contribution >= 4 is 46.5 Å². The van der Waals surface area contributed by atoms with E-state index in [2.05, 4.69) is 5.32 Å². The Kier molecular flexibility index (Phi) is 7.37. The van der Waals surface area contributed by atoms with Crippen molar-refractivity contribution in [3.05, 3.63) is 62.1 Å². The van der Waals surface area contributed by atoms with Gasteiger partial charge in [0.15, 0.2) is 6.10 Å². The number of carboxylic acid groups (broad SMARTS) is 1. The highest BCUT2D eigenvalue weighted by molar-refractivity contribution is 6.34. The van der Waals surface area contributed by atoms with Crippen LogP contribution in [0.15, 0.2) is 36.4 Å². The highest BCUT2D eigenvalue weighted by atomic mass is 35.5. The van der Waals surface area contributed by atoms with Gasteiger partial charge < -0.3 is 35.2 Å². The molecule has 0 radical (unpaired) electrons. The molecular weight excluding hydrogens is 487 g/mol. The van der Waals surface area contributed by atoms with Gasteiger partial charge in [-0.15, -0.1) is 0 Å². The monoisotopic (exact) mass is 502 g/mol. The van der Waals surface area contributed by atoms with Crippen molar-refractivity contribution in [2.24, 2.45) is 0 Å². The summed E-state index contributed by atoms with van der Waals surface area (Å²) in [6.45, 7) is 0. The summed E-state index contributed by atoms with van der Waals surface area (Å²) in [5.41, 5.74) is -0.446. The molecule has 12 nitrogen and oxygen atoms in total. The van der Waals surface area contributed by atoms with Crippen molar-refractivity contribution in [1.29, 1.82) is 0 Å². The molecule has 1 fully saturated rings. The molecule has 0 spiro atoms. The van der Waals surface area contributed by atoms with E-state index in [4.69, 9.17) is 37.8 Å². The first-order valence-electron chi connectivity index (χ1n) is 9.13. The van der Waals surface area contributed by atoms with E-state index >= 15 is 0 Å². The standard InChI is InChI=1S/C19H16Cl2N2O10/c20-7-1-4-12(32-19-15(26)13(24)14(25)16(33-19)18(28)29)9(5-7)17(27)22-11-3-2-8(23(30)31)6-10(11)21/h1-6,13-16,19,24-26H,(H,22,27)(H,28,29)/t13-,14-,15+,16-,19+/m0/s1. The van der Waals surface area contributed by atoms with Crippen LogP contribution in [0.3, 0.4) is 0 Å². The Morgan fingerprint density at radius 2 is 1.76 bits per heavy atom. The smallest absolute Gasteiger partial charge is 0.335 e. The van der Waals surface area contributed by atoms with Crippen LogP contribution in [-0.4, -0.2) is 67.9 Å². The Labute approximate surface area is 195 Å². The van der Waals surface area contributed by atoms with E-state index in [-0.39, 0.29) is 32.7 Å². The van der Waals surface area contributed by atoms with Gasteiger partial charge in [0.1, 0.15) is 24.1 Å². The Bertz CT molecular complexity index is 1100. The summed E-state index contributed by atoms with van der Waals surface area (Å²) in [5.74, 6) is -2.64. The maximum absolute atomic E-state index is 12.8. The molecule has 1 amide bonds. The minimum absolute atomic E-state index is 0.0385. The number of anilines is 1. The molecule has 1 saturated heterocycles. The SMILES string of the molecule is O=C(Nc1ccc([N+](=O)[O-])cc1Cl)c1cc(Cl)ccc1O[C@@H]1O[C@H](C(=O)O)[C@@H](O)[C@H](O)[C@H]1O. The fraction of sp³-hybridized carbons (Fsp3) is 0.263. The van der Waals surface area contributed by atoms with Gasteiger partial charge >= 0.3 is 5.97 Å². The number of nitrogens with one attached hydrogen (secondary N) is 1. The Morgan fingerprint density at radius 1 is 1.06 bits per heavy atom. The minimum atomic E-state index is -1.92. The second-order valence-electron chi connectivity index (χ2n) is 6.87. The topological polar surface area (TPSA) is 189 Å². The lowest BCUT2D eigenvalue weighted by molar-refractivity contribution is -0.384. The molecule has 176 valence electrons. The van der Waals surface area contributed by atoms with Crippen LogP contribution in [0.4, 0.5) is 11.4 Å². The molecule has 0 unspecified atom stereocenters. The first-order valence-corrected chi connectivity index (χ1v) is 9.89. The van der Waals surface area contributed by atoms with Crippen LogP contribution in [0.2, 0.25) is 10.0 Å². The molecule has 5 N–H and O–H groups in total. The van der Waals surface area contributed by atoms with Crippen LogP contribution in [0, 0.1) is 10.1 Å². The van der Waals surface area contributed by atoms with Crippen molar-refractivity contribution in [2.75, 3.05) is 5.32 Å². The summed E-state index contributed by atoms with van der Waals surface area (Å²) in [6, 6.07) is 7.15. The van der Waals surface area contributed by atoms with Crippen LogP contribution in [-0.2, 0) is 9.53 Å². The molecule has 2 aromatic rings. The highest BCUT2D eigenvalue weighted by Crippen LogP contribution is 2.31. The van der Waals surface area contributed by atoms with Crippen LogP contribution in [0.1, 0.15) is 10.4 Å². The average molecular weight is 503 g/mol. The van der Waals surface area contributed by atoms with Crippen molar-refractivity contribution in [1.82, 2.24) is 0 Å². The zero-order valence-electron chi connectivity index (χ0n) is 16.3. The summed E-state index contributed by atoms with van der Waals surface area (Å²) in [4.78, 5) is 34.3. The van der Waals surface area contributed by atoms with Crippen molar-refractivity contribution in [3.8, 4) is 5.75 Å². The summed E-state index contributed by atoms with van der Waals surface area (Å²) in [5, 5.41) is 52.3. The molecule has 5 atom stereocenters. The van der Waals surface area contributed by atoms with Crippen molar-refractivity contribution in [2.45, 2.75) is 30.7 Å². The minimum Gasteiger partial charge on any atom is -0.479 e. The fourth-order valence-electron chi connectivity index (χ4n) is 2.97. The maximum atomic E-state index is 12.8. The lowest BCUT2D eigenvalue weighted by Crippen LogP contribution is -2.61. The number of nitro benzene ring substituents is 1. The number of aliphatic carboxylic acids is 1. The van der Waals surface area contributed by atoms with Crippen molar-refractivity contribution < 1.29 is 44.4 Å². The van der Waals surface area contributed by atoms with E-state index in [1.807, 2.05) is 0 Å². The first-order chi connectivity index (χ1) is 15.5. The molecule has 1 aliphatic heterocycles. The van der Waals surface area contributed by atoms with E-state index in [0.717, 1.165) is 12.1 Å². The van der Waals surface area contributed by atoms with Gasteiger partial charge in [-0.05, 0) is 24.3 Å². The number of aliphatic hydroxyl groups is 3. The molecule has 1 heterocycles. The third kappa shape index (κ3) is 5.33. The zero-order valence-corrected chi connectivity index (χ0v) is 17.8. The maximum Gasteiger partial charge on any atom is 0.335 e. The number of ether oxygens (including phenoxy) is 2. The Morgan fingerprint density at radius 3 is 2.36 bits per heavy atom. The number of carboxylic acids is 1. The largest absolute Gasteiger partial charge is 0.479 e. The summed E-state index contributed by atoms with van der Waals surface area (Å²) >= 11 is 12.0. The first kappa shape index (κ1) is 24.6. The summed E-state index contributed by atoms with van der Waals surface area (Å²) in [6.07, 6.45) is -9.36. The normalized spacial score (nSPS) is 24.7. The molecule has 0 saturated carbocycles. The lowest BCUT2D eigenvalue weighted by atomic mass is 9.99. The molecule has 0 aliphatic carbocycles. The molecule has 14 heteroatoms. The number of hydrogen-bond acceptors (Lipinski definition) is 9. The van der Waals surface area contributed by atoms with Crippen LogP contribution in [0.25, 0.3) is 0 Å². The second-order valence-corrected chi connectivity index (χ2v) is 7.71. The van der Waals surface area contributed by atoms with E-state index in [1.54, 1.807) is 0 Å². The van der Waals surface area contributed by atoms with E-state index in [9.17, 15) is 35.0 Å². The van der Waals surface area contributed by atoms with E-state index < -0.39 is 47.5 Å². The highest BCUT2D eigenvalue weighted by Gasteiger charge is 2.48. The summed E-state index contributed by atoms with van der Waals surface area (Å²) in [7, 11) is 0. The van der Waals surface area contributed by atoms with Gasteiger partial charge in [-0.2, -0.15) is 0 Å². The van der Waals surface area contributed by atoms with Crippen LogP contribution < -0.4 is 10.1 Å². The van der Waals surface area contributed by atoms with Gasteiger partial charge in [-0.1, -0.05) is 23.2 Å². The molecule has 33 heavy (non-hydrogen) atoms. The number of carbonyl (C=O) groups is 2. The van der Waals surface area contributed by atoms with Crippen LogP contribution in [0.5, 0.6) is 5.75 Å². The number of aliphatic hydroxyl groups excluding tert-OH is 3. The number of carbonyl (C=O) groups excluding carboxylic acids is 1. The number of halogens is 2. The molecule has 3 rings (SSSR count). The van der Waals surface area contributed by atoms with Gasteiger partial charge in [0, 0.05) is 17.2 Å². The molecule has 0 aromatic heterocycles. The molecule has 0 bridgehead atoms. The van der Waals surface area contributed by atoms with E-state index in [0.29, 0.717) is 0 Å². The second kappa shape index (κ2) is 9.87. The zero-order chi connectivity index (χ0) is 24.4. The predicted molar refractivity (Wildman–Crippen MR) is 112 cm³/mol. The third-order valence-corrected chi connectivity index (χ3v) is 5.20. The van der Waals surface area contributed by atoms with E-state index in [1.165, 1.54) is 24.3 Å². The van der Waals surface area contributed by atoms with Gasteiger partial charge in [0.25, 0.3) is 11.6 Å². The quantitative estimate of drug-likeness (QED) is 0.285. The molecule has 2 aromatic carbocycles. The predicted octanol–water partition coefficient (Wildman–Crippen LogP) is 1.42. The number of nitro groups is 1. The van der Waals surface area contributed by atoms with Gasteiger partial charge in [-0.25, -0.2) is 4.79 Å². The molecule has 1 aliphatic rings. The number of nitrogens with zero attached hydrogens (tertiary/aromatic N) is 1. The number of amides is 1. The third-order valence-electron chi connectivity index (χ3n) is 4.65. The van der Waals surface area contributed by atoms with Gasteiger partial charge in [-0.3, -0.25) is 14.9 Å². The number of hydrogen-bond donors (Lipinski definition) is 5. The number of non-ortho nitro benzene ring substituents is 1. The fourth-order valence-corrected chi connectivity index (χ4v) is 3.36. The Balaban J connectivity index is 1.87. The number of rotatable bonds is 6. The van der Waals surface area contributed by atoms with Crippen LogP contribution >= 0.6 is 23.2 Å². The Hall–Kier alpha value is -3.00. The van der Waals surface area contributed by atoms with Gasteiger partial charge in [0.2, 0.25) is 6.29 Å². The molecular formula is C19H16Cl2N2O10. The average Bonchev–Trinajstić information content (AvgIpc) is 2.76. The lowest BCUT2D eigenvalue weighted by Gasteiger charge is -2.38. The number of benzene rings is 2.